The highest BCUT2D eigenvalue weighted by Gasteiger charge is 2.66. The molecule has 8 aliphatic rings. The van der Waals surface area contributed by atoms with Crippen LogP contribution in [0.15, 0.2) is 24.3 Å². The second-order valence-electron chi connectivity index (χ2n) is 14.6. The lowest BCUT2D eigenvalue weighted by Gasteiger charge is -2.58. The van der Waals surface area contributed by atoms with Gasteiger partial charge in [0.2, 0.25) is 0 Å². The molecule has 228 valence electrons. The predicted molar refractivity (Wildman–Crippen MR) is 159 cm³/mol. The van der Waals surface area contributed by atoms with Crippen LogP contribution in [0, 0.1) is 11.8 Å². The highest BCUT2D eigenvalue weighted by molar-refractivity contribution is 5.89. The van der Waals surface area contributed by atoms with Crippen molar-refractivity contribution in [2.45, 2.75) is 92.6 Å². The fraction of sp³-hybridized carbons (Fsp3) is 0.629. The van der Waals surface area contributed by atoms with Gasteiger partial charge in [-0.15, -0.1) is 0 Å². The number of likely N-dealkylation sites (tertiary alicyclic amines) is 2. The van der Waals surface area contributed by atoms with Gasteiger partial charge in [-0.3, -0.25) is 4.79 Å². The standard InChI is InChI=1S/C18H23NO3.C17H19NO3/c1-19-8-7-18-11-4-5-13(20)17(18)22-16-14(21-2)6-3-10(15(16)18)9-12(11)19;1-18-7-6-17-10-3-5-13(20)16(17)21-15-12(19)4-2-9(14(15)17)8-11(10)18/h3,6,11-13,17,20H,4-5,7-9H2,1-2H3;2,4,10-11,16,19H,3,5-8H2,1H3/t11-,12+,13-,17-,18-;10-,11+,16-,17-/m00/s1. The number of piperidine rings is 2. The van der Waals surface area contributed by atoms with Gasteiger partial charge in [0.25, 0.3) is 0 Å². The molecular formula is C35H42N2O6. The van der Waals surface area contributed by atoms with Crippen molar-refractivity contribution in [1.29, 1.82) is 0 Å². The van der Waals surface area contributed by atoms with E-state index in [0.717, 1.165) is 75.1 Å². The second kappa shape index (κ2) is 8.89. The summed E-state index contributed by atoms with van der Waals surface area (Å²) in [5.74, 6) is 3.83. The number of likely N-dealkylation sites (N-methyl/N-ethyl adjacent to an activating group) is 2. The van der Waals surface area contributed by atoms with Gasteiger partial charge in [0.05, 0.1) is 13.2 Å². The Hall–Kier alpha value is -2.81. The van der Waals surface area contributed by atoms with Gasteiger partial charge >= 0.3 is 0 Å². The number of phenolic OH excluding ortho intramolecular Hbond substituents is 1. The molecule has 8 heteroatoms. The van der Waals surface area contributed by atoms with E-state index in [0.29, 0.717) is 36.1 Å². The second-order valence-corrected chi connectivity index (χ2v) is 14.6. The Bertz CT molecular complexity index is 1540. The number of aromatic hydroxyl groups is 1. The fourth-order valence-electron chi connectivity index (χ4n) is 11.4. The predicted octanol–water partition coefficient (Wildman–Crippen LogP) is 3.36. The SMILES string of the molecule is CN1CC[C@]23c4c5ccc(O)c4O[C@H]2C(=O)CC[C@H]3[C@H]1C5.COc1ccc2c3c1O[C@H]1[C@@H](O)CC[C@H]4[C@@H](C2)N(C)CC[C@@]341. The number of carbonyl (C=O) groups is 1. The Balaban J connectivity index is 0.000000121. The lowest BCUT2D eigenvalue weighted by Crippen LogP contribution is -2.66. The molecule has 2 saturated heterocycles. The van der Waals surface area contributed by atoms with E-state index in [1.54, 1.807) is 13.2 Å². The number of phenols is 1. The molecule has 0 radical (unpaired) electrons. The third kappa shape index (κ3) is 3.15. The third-order valence-corrected chi connectivity index (χ3v) is 13.2. The lowest BCUT2D eigenvalue weighted by atomic mass is 9.51. The molecule has 10 rings (SSSR count). The van der Waals surface area contributed by atoms with Crippen molar-refractivity contribution in [3.8, 4) is 23.0 Å². The summed E-state index contributed by atoms with van der Waals surface area (Å²) in [5, 5.41) is 20.8. The summed E-state index contributed by atoms with van der Waals surface area (Å²) in [6.07, 6.45) is 6.87. The molecule has 2 N–H and O–H groups in total. The zero-order valence-electron chi connectivity index (χ0n) is 25.3. The molecule has 2 aromatic rings. The first-order valence-corrected chi connectivity index (χ1v) is 16.3. The summed E-state index contributed by atoms with van der Waals surface area (Å²) < 4.78 is 17.9. The average molecular weight is 587 g/mol. The number of rotatable bonds is 1. The van der Waals surface area contributed by atoms with E-state index in [1.165, 1.54) is 16.7 Å². The van der Waals surface area contributed by atoms with E-state index in [9.17, 15) is 15.0 Å². The Morgan fingerprint density at radius 1 is 0.860 bits per heavy atom. The highest BCUT2D eigenvalue weighted by Crippen LogP contribution is 2.64. The summed E-state index contributed by atoms with van der Waals surface area (Å²) in [6.45, 7) is 2.09. The summed E-state index contributed by atoms with van der Waals surface area (Å²) in [6, 6.07) is 9.09. The number of benzene rings is 2. The Kier molecular flexibility index (Phi) is 5.49. The van der Waals surface area contributed by atoms with Crippen LogP contribution in [0.2, 0.25) is 0 Å². The summed E-state index contributed by atoms with van der Waals surface area (Å²) in [4.78, 5) is 17.5. The van der Waals surface area contributed by atoms with E-state index in [-0.39, 0.29) is 40.7 Å². The quantitative estimate of drug-likeness (QED) is 0.526. The molecular weight excluding hydrogens is 544 g/mol. The number of aliphatic hydroxyl groups excluding tert-OH is 1. The first-order valence-electron chi connectivity index (χ1n) is 16.3. The maximum Gasteiger partial charge on any atom is 0.174 e. The molecule has 4 bridgehead atoms. The van der Waals surface area contributed by atoms with Gasteiger partial charge in [0.1, 0.15) is 6.10 Å². The lowest BCUT2D eigenvalue weighted by molar-refractivity contribution is -0.138. The first-order chi connectivity index (χ1) is 20.8. The normalized spacial score (nSPS) is 40.8. The Morgan fingerprint density at radius 3 is 2.23 bits per heavy atom. The van der Waals surface area contributed by atoms with Gasteiger partial charge in [-0.2, -0.15) is 0 Å². The van der Waals surface area contributed by atoms with Crippen LogP contribution in [0.4, 0.5) is 0 Å². The van der Waals surface area contributed by atoms with E-state index in [2.05, 4.69) is 30.0 Å². The molecule has 8 nitrogen and oxygen atoms in total. The topological polar surface area (TPSA) is 91.7 Å². The van der Waals surface area contributed by atoms with Gasteiger partial charge in [0.15, 0.2) is 34.9 Å². The molecule has 4 fully saturated rings. The zero-order valence-corrected chi connectivity index (χ0v) is 25.3. The van der Waals surface area contributed by atoms with Crippen LogP contribution < -0.4 is 14.2 Å². The Labute approximate surface area is 252 Å². The molecule has 9 atom stereocenters. The number of Topliss-reactive ketones (excluding diaryl/α,β-unsaturated/α-hetero) is 1. The molecule has 0 aromatic heterocycles. The number of hydrogen-bond donors (Lipinski definition) is 2. The molecule has 4 aliphatic heterocycles. The van der Waals surface area contributed by atoms with Crippen molar-refractivity contribution in [2.75, 3.05) is 34.3 Å². The van der Waals surface area contributed by atoms with Crippen molar-refractivity contribution in [3.05, 3.63) is 46.5 Å². The van der Waals surface area contributed by atoms with Crippen LogP contribution >= 0.6 is 0 Å². The van der Waals surface area contributed by atoms with Crippen LogP contribution in [0.1, 0.15) is 60.8 Å². The molecule has 2 aromatic carbocycles. The summed E-state index contributed by atoms with van der Waals surface area (Å²) >= 11 is 0. The minimum atomic E-state index is -0.366. The molecule has 4 heterocycles. The molecule has 4 aliphatic carbocycles. The largest absolute Gasteiger partial charge is 0.504 e. The van der Waals surface area contributed by atoms with Gasteiger partial charge < -0.3 is 34.2 Å². The summed E-state index contributed by atoms with van der Waals surface area (Å²) in [7, 11) is 6.16. The zero-order chi connectivity index (χ0) is 29.4. The van der Waals surface area contributed by atoms with Gasteiger partial charge in [-0.05, 0) is 107 Å². The molecule has 0 unspecified atom stereocenters. The maximum atomic E-state index is 12.5. The minimum absolute atomic E-state index is 0.00625. The van der Waals surface area contributed by atoms with Crippen LogP contribution in [-0.4, -0.2) is 90.5 Å². The number of nitrogens with zero attached hydrogens (tertiary/aromatic N) is 2. The van der Waals surface area contributed by atoms with Crippen LogP contribution in [0.3, 0.4) is 0 Å². The number of ether oxygens (including phenoxy) is 3. The van der Waals surface area contributed by atoms with Crippen LogP contribution in [0.5, 0.6) is 23.0 Å². The third-order valence-electron chi connectivity index (χ3n) is 13.2. The fourth-order valence-corrected chi connectivity index (χ4v) is 11.4. The number of methoxy groups -OCH3 is 1. The van der Waals surface area contributed by atoms with Crippen molar-refractivity contribution < 1.29 is 29.2 Å². The van der Waals surface area contributed by atoms with Crippen LogP contribution in [-0.2, 0) is 28.5 Å². The monoisotopic (exact) mass is 586 g/mol. The van der Waals surface area contributed by atoms with E-state index in [4.69, 9.17) is 14.2 Å². The molecule has 0 amide bonds. The molecule has 43 heavy (non-hydrogen) atoms. The number of carbonyl (C=O) groups excluding carboxylic acids is 1. The van der Waals surface area contributed by atoms with E-state index < -0.39 is 0 Å². The smallest absolute Gasteiger partial charge is 0.174 e. The van der Waals surface area contributed by atoms with Crippen molar-refractivity contribution in [3.63, 3.8) is 0 Å². The van der Waals surface area contributed by atoms with Gasteiger partial charge in [-0.25, -0.2) is 0 Å². The highest BCUT2D eigenvalue weighted by atomic mass is 16.5. The van der Waals surface area contributed by atoms with Gasteiger partial charge in [0, 0.05) is 40.5 Å². The van der Waals surface area contributed by atoms with Crippen molar-refractivity contribution in [2.24, 2.45) is 11.8 Å². The first kappa shape index (κ1) is 26.6. The number of aliphatic hydroxyl groups is 1. The average Bonchev–Trinajstić information content (AvgIpc) is 3.55. The maximum absolute atomic E-state index is 12.5. The van der Waals surface area contributed by atoms with Crippen molar-refractivity contribution in [1.82, 2.24) is 9.80 Å². The Morgan fingerprint density at radius 2 is 1.51 bits per heavy atom. The molecule has 2 spiro atoms. The van der Waals surface area contributed by atoms with Crippen molar-refractivity contribution >= 4 is 5.78 Å². The minimum Gasteiger partial charge on any atom is -0.504 e. The van der Waals surface area contributed by atoms with Gasteiger partial charge in [-0.1, -0.05) is 12.1 Å². The number of hydrogen-bond acceptors (Lipinski definition) is 8. The summed E-state index contributed by atoms with van der Waals surface area (Å²) in [5.41, 5.74) is 5.04. The van der Waals surface area contributed by atoms with E-state index in [1.807, 2.05) is 12.1 Å². The molecule has 2 saturated carbocycles. The number of ketones is 1. The van der Waals surface area contributed by atoms with Crippen LogP contribution in [0.25, 0.3) is 0 Å². The van der Waals surface area contributed by atoms with E-state index >= 15 is 0 Å².